The summed E-state index contributed by atoms with van der Waals surface area (Å²) in [4.78, 5) is 17.2. The van der Waals surface area contributed by atoms with Crippen LogP contribution in [0.1, 0.15) is 60.7 Å². The molecule has 0 radical (unpaired) electrons. The molecule has 2 heterocycles. The molecule has 1 atom stereocenters. The van der Waals surface area contributed by atoms with Gasteiger partial charge in [0.1, 0.15) is 6.04 Å². The third-order valence-electron chi connectivity index (χ3n) is 5.27. The van der Waals surface area contributed by atoms with Gasteiger partial charge in [0.15, 0.2) is 5.78 Å². The third kappa shape index (κ3) is 4.76. The fourth-order valence-electron chi connectivity index (χ4n) is 3.77. The molecule has 1 aliphatic rings. The Labute approximate surface area is 156 Å². The molecule has 0 unspecified atom stereocenters. The van der Waals surface area contributed by atoms with E-state index in [1.54, 1.807) is 12.3 Å². The van der Waals surface area contributed by atoms with Crippen molar-refractivity contribution in [1.29, 1.82) is 0 Å². The largest absolute Gasteiger partial charge is 0.419 e. The highest BCUT2D eigenvalue weighted by atomic mass is 19.4. The van der Waals surface area contributed by atoms with Gasteiger partial charge in [0.2, 0.25) is 0 Å². The van der Waals surface area contributed by atoms with Gasteiger partial charge in [0, 0.05) is 18.1 Å². The van der Waals surface area contributed by atoms with Crippen molar-refractivity contribution in [2.45, 2.75) is 64.6 Å². The minimum absolute atomic E-state index is 0.0952. The Hall–Kier alpha value is -2.18. The summed E-state index contributed by atoms with van der Waals surface area (Å²) in [6.07, 6.45) is 3.07. The van der Waals surface area contributed by atoms with E-state index >= 15 is 0 Å². The molecule has 146 valence electrons. The molecule has 0 saturated heterocycles. The first kappa shape index (κ1) is 19.6. The number of halogens is 3. The van der Waals surface area contributed by atoms with E-state index < -0.39 is 17.8 Å². The van der Waals surface area contributed by atoms with Gasteiger partial charge in [-0.2, -0.15) is 18.3 Å². The molecule has 1 saturated carbocycles. The van der Waals surface area contributed by atoms with Gasteiger partial charge < -0.3 is 0 Å². The third-order valence-corrected chi connectivity index (χ3v) is 5.27. The van der Waals surface area contributed by atoms with Gasteiger partial charge in [-0.15, -0.1) is 0 Å². The molecule has 0 aromatic carbocycles. The van der Waals surface area contributed by atoms with Gasteiger partial charge in [-0.05, 0) is 37.8 Å². The lowest BCUT2D eigenvalue weighted by Crippen LogP contribution is -2.24. The van der Waals surface area contributed by atoms with E-state index in [4.69, 9.17) is 0 Å². The second-order valence-electron chi connectivity index (χ2n) is 7.48. The normalized spacial score (nSPS) is 16.6. The Morgan fingerprint density at radius 2 is 1.96 bits per heavy atom. The summed E-state index contributed by atoms with van der Waals surface area (Å²) in [6.45, 7) is 3.24. The maximum absolute atomic E-state index is 13.2. The van der Waals surface area contributed by atoms with E-state index in [1.165, 1.54) is 11.6 Å². The topological polar surface area (TPSA) is 47.8 Å². The summed E-state index contributed by atoms with van der Waals surface area (Å²) in [5.74, 6) is 0.207. The summed E-state index contributed by atoms with van der Waals surface area (Å²) in [5, 5.41) is 4.05. The van der Waals surface area contributed by atoms with Gasteiger partial charge in [0.05, 0.1) is 17.7 Å². The molecule has 27 heavy (non-hydrogen) atoms. The highest BCUT2D eigenvalue weighted by Crippen LogP contribution is 2.35. The molecule has 3 rings (SSSR count). The Bertz CT molecular complexity index is 790. The van der Waals surface area contributed by atoms with Crippen LogP contribution >= 0.6 is 0 Å². The van der Waals surface area contributed by atoms with Gasteiger partial charge in [0.25, 0.3) is 0 Å². The summed E-state index contributed by atoms with van der Waals surface area (Å²) >= 11 is 0. The number of Topliss-reactive ketones (excluding diaryl/α,β-unsaturated/α-hetero) is 1. The number of nitrogens with zero attached hydrogens (tertiary/aromatic N) is 3. The second-order valence-corrected chi connectivity index (χ2v) is 7.48. The first-order chi connectivity index (χ1) is 12.7. The number of hydrogen-bond donors (Lipinski definition) is 0. The molecule has 1 aliphatic carbocycles. The average molecular weight is 379 g/mol. The summed E-state index contributed by atoms with van der Waals surface area (Å²) < 4.78 is 40.7. The Kier molecular flexibility index (Phi) is 5.67. The van der Waals surface area contributed by atoms with Crippen LogP contribution in [0.3, 0.4) is 0 Å². The van der Waals surface area contributed by atoms with Gasteiger partial charge in [-0.3, -0.25) is 14.5 Å². The van der Waals surface area contributed by atoms with Crippen LogP contribution in [0.2, 0.25) is 0 Å². The van der Waals surface area contributed by atoms with Gasteiger partial charge in [-0.1, -0.05) is 31.7 Å². The summed E-state index contributed by atoms with van der Waals surface area (Å²) in [6, 6.07) is 2.97. The van der Waals surface area contributed by atoms with Crippen LogP contribution in [0.15, 0.2) is 24.5 Å². The molecule has 1 fully saturated rings. The molecule has 2 aromatic heterocycles. The van der Waals surface area contributed by atoms with E-state index in [9.17, 15) is 18.0 Å². The van der Waals surface area contributed by atoms with E-state index in [2.05, 4.69) is 10.1 Å². The van der Waals surface area contributed by atoms with Crippen LogP contribution in [0.4, 0.5) is 13.2 Å². The number of rotatable bonds is 6. The van der Waals surface area contributed by atoms with Crippen LogP contribution < -0.4 is 0 Å². The van der Waals surface area contributed by atoms with Crippen molar-refractivity contribution in [2.24, 2.45) is 5.92 Å². The molecule has 0 N–H and O–H groups in total. The first-order valence-corrected chi connectivity index (χ1v) is 9.31. The Morgan fingerprint density at radius 3 is 2.52 bits per heavy atom. The molecular weight excluding hydrogens is 355 g/mol. The lowest BCUT2D eigenvalue weighted by Gasteiger charge is -2.20. The van der Waals surface area contributed by atoms with Crippen molar-refractivity contribution in [3.63, 3.8) is 0 Å². The fourth-order valence-corrected chi connectivity index (χ4v) is 3.77. The minimum Gasteiger partial charge on any atom is -0.297 e. The number of aryl methyl sites for hydroxylation is 2. The van der Waals surface area contributed by atoms with Gasteiger partial charge in [-0.25, -0.2) is 0 Å². The van der Waals surface area contributed by atoms with Crippen LogP contribution in [-0.2, 0) is 17.4 Å². The number of ketones is 1. The minimum atomic E-state index is -4.47. The number of carbonyl (C=O) groups is 1. The SMILES string of the molecule is Cc1ccc(CC(=O)[C@H](CC2CCCC2)n2cc(C(F)(F)F)c(C)n2)nc1. The quantitative estimate of drug-likeness (QED) is 0.721. The Morgan fingerprint density at radius 1 is 1.26 bits per heavy atom. The first-order valence-electron chi connectivity index (χ1n) is 9.31. The van der Waals surface area contributed by atoms with E-state index in [1.807, 2.05) is 13.0 Å². The standard InChI is InChI=1S/C20H24F3N3O/c1-13-7-8-16(24-11-13)10-19(27)18(9-15-5-3-4-6-15)26-12-17(14(2)25-26)20(21,22)23/h7-8,11-12,15,18H,3-6,9-10H2,1-2H3/t18-/m0/s1. The zero-order valence-electron chi connectivity index (χ0n) is 15.6. The zero-order valence-corrected chi connectivity index (χ0v) is 15.6. The van der Waals surface area contributed by atoms with Crippen molar-refractivity contribution in [1.82, 2.24) is 14.8 Å². The van der Waals surface area contributed by atoms with Crippen molar-refractivity contribution in [3.05, 3.63) is 47.0 Å². The number of carbonyl (C=O) groups excluding carboxylic acids is 1. The van der Waals surface area contributed by atoms with Crippen molar-refractivity contribution in [3.8, 4) is 0 Å². The Balaban J connectivity index is 1.86. The monoisotopic (exact) mass is 379 g/mol. The highest BCUT2D eigenvalue weighted by molar-refractivity contribution is 5.84. The highest BCUT2D eigenvalue weighted by Gasteiger charge is 2.36. The number of aromatic nitrogens is 3. The molecular formula is C20H24F3N3O. The van der Waals surface area contributed by atoms with Crippen molar-refractivity contribution >= 4 is 5.78 Å². The smallest absolute Gasteiger partial charge is 0.297 e. The second kappa shape index (κ2) is 7.82. The number of pyridine rings is 1. The molecule has 0 amide bonds. The lowest BCUT2D eigenvalue weighted by atomic mass is 9.94. The molecule has 0 aliphatic heterocycles. The van der Waals surface area contributed by atoms with Crippen LogP contribution in [0.25, 0.3) is 0 Å². The number of alkyl halides is 3. The fraction of sp³-hybridized carbons (Fsp3) is 0.550. The van der Waals surface area contributed by atoms with Crippen LogP contribution in [0, 0.1) is 19.8 Å². The van der Waals surface area contributed by atoms with E-state index in [-0.39, 0.29) is 17.9 Å². The van der Waals surface area contributed by atoms with Gasteiger partial charge >= 0.3 is 6.18 Å². The predicted octanol–water partition coefficient (Wildman–Crippen LogP) is 4.85. The molecule has 0 spiro atoms. The predicted molar refractivity (Wildman–Crippen MR) is 95.3 cm³/mol. The molecule has 0 bridgehead atoms. The summed E-state index contributed by atoms with van der Waals surface area (Å²) in [5.41, 5.74) is 0.744. The summed E-state index contributed by atoms with van der Waals surface area (Å²) in [7, 11) is 0. The van der Waals surface area contributed by atoms with Crippen LogP contribution in [0.5, 0.6) is 0 Å². The van der Waals surface area contributed by atoms with Crippen LogP contribution in [-0.4, -0.2) is 20.5 Å². The maximum Gasteiger partial charge on any atom is 0.419 e. The molecule has 4 nitrogen and oxygen atoms in total. The maximum atomic E-state index is 13.2. The average Bonchev–Trinajstić information content (AvgIpc) is 3.23. The van der Waals surface area contributed by atoms with Crippen molar-refractivity contribution < 1.29 is 18.0 Å². The lowest BCUT2D eigenvalue weighted by molar-refractivity contribution is -0.138. The van der Waals surface area contributed by atoms with E-state index in [0.717, 1.165) is 37.4 Å². The van der Waals surface area contributed by atoms with E-state index in [0.29, 0.717) is 18.0 Å². The number of hydrogen-bond acceptors (Lipinski definition) is 3. The van der Waals surface area contributed by atoms with Crippen molar-refractivity contribution in [2.75, 3.05) is 0 Å². The molecule has 2 aromatic rings. The molecule has 7 heteroatoms. The zero-order chi connectivity index (χ0) is 19.6.